The normalized spacial score (nSPS) is 10.2. The van der Waals surface area contributed by atoms with Gasteiger partial charge in [-0.05, 0) is 45.8 Å². The number of hydrogen-bond donors (Lipinski definition) is 2. The molecule has 0 atom stereocenters. The molecule has 3 nitrogen and oxygen atoms in total. The number of halogens is 2. The average molecular weight is 367 g/mol. The van der Waals surface area contributed by atoms with E-state index in [1.54, 1.807) is 36.4 Å². The highest BCUT2D eigenvalue weighted by molar-refractivity contribution is 9.10. The van der Waals surface area contributed by atoms with E-state index in [2.05, 4.69) is 21.2 Å². The van der Waals surface area contributed by atoms with Gasteiger partial charge in [-0.1, -0.05) is 30.4 Å². The Balaban J connectivity index is 2.10. The molecule has 6 heteroatoms. The molecule has 0 saturated heterocycles. The maximum absolute atomic E-state index is 13.5. The molecule has 21 heavy (non-hydrogen) atoms. The number of thiocarbonyl (C=S) groups is 1. The number of hydrogen-bond acceptors (Lipinski definition) is 2. The van der Waals surface area contributed by atoms with Crippen molar-refractivity contribution in [2.24, 2.45) is 5.73 Å². The van der Waals surface area contributed by atoms with E-state index in [0.717, 1.165) is 0 Å². The Hall–Kier alpha value is -1.79. The van der Waals surface area contributed by atoms with Crippen molar-refractivity contribution in [2.75, 3.05) is 5.32 Å². The molecule has 0 spiro atoms. The summed E-state index contributed by atoms with van der Waals surface area (Å²) in [6.07, 6.45) is -0.0316. The highest BCUT2D eigenvalue weighted by Crippen LogP contribution is 2.24. The largest absolute Gasteiger partial charge is 0.389 e. The van der Waals surface area contributed by atoms with Crippen LogP contribution in [0.15, 0.2) is 46.9 Å². The Labute approximate surface area is 135 Å². The molecule has 108 valence electrons. The van der Waals surface area contributed by atoms with Gasteiger partial charge in [0, 0.05) is 10.0 Å². The molecule has 2 aromatic rings. The Morgan fingerprint density at radius 1 is 1.29 bits per heavy atom. The molecule has 0 aliphatic rings. The second kappa shape index (κ2) is 6.78. The van der Waals surface area contributed by atoms with Crippen LogP contribution in [0.5, 0.6) is 0 Å². The summed E-state index contributed by atoms with van der Waals surface area (Å²) in [6.45, 7) is 0. The van der Waals surface area contributed by atoms with Crippen molar-refractivity contribution in [3.05, 3.63) is 63.9 Å². The fraction of sp³-hybridized carbons (Fsp3) is 0.0667. The van der Waals surface area contributed by atoms with Gasteiger partial charge in [0.05, 0.1) is 12.1 Å². The lowest BCUT2D eigenvalue weighted by molar-refractivity contribution is -0.115. The summed E-state index contributed by atoms with van der Waals surface area (Å²) in [5.41, 5.74) is 7.17. The summed E-state index contributed by atoms with van der Waals surface area (Å²) in [5.74, 6) is -0.695. The van der Waals surface area contributed by atoms with Crippen LogP contribution >= 0.6 is 28.1 Å². The maximum atomic E-state index is 13.5. The van der Waals surface area contributed by atoms with Crippen LogP contribution in [0.4, 0.5) is 10.1 Å². The van der Waals surface area contributed by atoms with Gasteiger partial charge in [-0.3, -0.25) is 4.79 Å². The van der Waals surface area contributed by atoms with Crippen molar-refractivity contribution in [1.29, 1.82) is 0 Å². The number of anilines is 1. The zero-order valence-electron chi connectivity index (χ0n) is 10.9. The Morgan fingerprint density at radius 2 is 2.00 bits per heavy atom. The third-order valence-corrected chi connectivity index (χ3v) is 3.73. The predicted molar refractivity (Wildman–Crippen MR) is 88.8 cm³/mol. The van der Waals surface area contributed by atoms with E-state index in [1.165, 1.54) is 6.07 Å². The second-order valence-electron chi connectivity index (χ2n) is 4.38. The lowest BCUT2D eigenvalue weighted by atomic mass is 10.1. The van der Waals surface area contributed by atoms with E-state index in [9.17, 15) is 9.18 Å². The molecule has 2 rings (SSSR count). The van der Waals surface area contributed by atoms with Gasteiger partial charge < -0.3 is 11.1 Å². The third-order valence-electron chi connectivity index (χ3n) is 2.84. The number of benzene rings is 2. The van der Waals surface area contributed by atoms with Gasteiger partial charge >= 0.3 is 0 Å². The Kier molecular flexibility index (Phi) is 5.03. The number of amides is 1. The predicted octanol–water partition coefficient (Wildman–Crippen LogP) is 3.40. The lowest BCUT2D eigenvalue weighted by Gasteiger charge is -2.09. The molecule has 2 aromatic carbocycles. The van der Waals surface area contributed by atoms with E-state index >= 15 is 0 Å². The molecule has 0 bridgehead atoms. The molecule has 0 saturated carbocycles. The lowest BCUT2D eigenvalue weighted by Crippen LogP contribution is -2.16. The maximum Gasteiger partial charge on any atom is 0.228 e. The first-order valence-corrected chi connectivity index (χ1v) is 7.30. The SMILES string of the molecule is NC(=S)c1ccc(NC(=O)Cc2ccccc2F)c(Br)c1. The standard InChI is InChI=1S/C15H12BrFN2OS/c16-11-7-10(15(18)21)5-6-13(11)19-14(20)8-9-3-1-2-4-12(9)17/h1-7H,8H2,(H2,18,21)(H,19,20). The molecule has 3 N–H and O–H groups in total. The van der Waals surface area contributed by atoms with E-state index in [-0.39, 0.29) is 17.3 Å². The van der Waals surface area contributed by atoms with Gasteiger partial charge in [0.25, 0.3) is 0 Å². The van der Waals surface area contributed by atoms with Crippen molar-refractivity contribution in [3.63, 3.8) is 0 Å². The summed E-state index contributed by atoms with van der Waals surface area (Å²) in [7, 11) is 0. The molecule has 0 fully saturated rings. The highest BCUT2D eigenvalue weighted by atomic mass is 79.9. The monoisotopic (exact) mass is 366 g/mol. The van der Waals surface area contributed by atoms with Gasteiger partial charge in [-0.2, -0.15) is 0 Å². The average Bonchev–Trinajstić information content (AvgIpc) is 2.43. The van der Waals surface area contributed by atoms with Gasteiger partial charge in [-0.25, -0.2) is 4.39 Å². The van der Waals surface area contributed by atoms with Crippen molar-refractivity contribution < 1.29 is 9.18 Å². The molecular weight excluding hydrogens is 355 g/mol. The van der Waals surface area contributed by atoms with Gasteiger partial charge in [-0.15, -0.1) is 0 Å². The quantitative estimate of drug-likeness (QED) is 0.815. The smallest absolute Gasteiger partial charge is 0.228 e. The number of carbonyl (C=O) groups is 1. The topological polar surface area (TPSA) is 55.1 Å². The van der Waals surface area contributed by atoms with Crippen LogP contribution in [0.25, 0.3) is 0 Å². The van der Waals surface area contributed by atoms with E-state index < -0.39 is 5.82 Å². The van der Waals surface area contributed by atoms with Gasteiger partial charge in [0.2, 0.25) is 5.91 Å². The molecule has 0 aliphatic heterocycles. The number of nitrogens with one attached hydrogen (secondary N) is 1. The minimum Gasteiger partial charge on any atom is -0.389 e. The van der Waals surface area contributed by atoms with E-state index in [4.69, 9.17) is 18.0 Å². The number of nitrogens with two attached hydrogens (primary N) is 1. The Bertz CT molecular complexity index is 706. The van der Waals surface area contributed by atoms with Crippen LogP contribution in [-0.2, 0) is 11.2 Å². The van der Waals surface area contributed by atoms with Gasteiger partial charge in [0.15, 0.2) is 0 Å². The zero-order chi connectivity index (χ0) is 15.4. The highest BCUT2D eigenvalue weighted by Gasteiger charge is 2.10. The Morgan fingerprint density at radius 3 is 2.62 bits per heavy atom. The first-order chi connectivity index (χ1) is 9.97. The van der Waals surface area contributed by atoms with Crippen molar-refractivity contribution >= 4 is 44.7 Å². The minimum atomic E-state index is -0.393. The van der Waals surface area contributed by atoms with E-state index in [0.29, 0.717) is 21.3 Å². The molecule has 0 aromatic heterocycles. The summed E-state index contributed by atoms with van der Waals surface area (Å²) >= 11 is 8.22. The van der Waals surface area contributed by atoms with Crippen LogP contribution in [0.1, 0.15) is 11.1 Å². The molecule has 0 radical (unpaired) electrons. The first kappa shape index (κ1) is 15.6. The van der Waals surface area contributed by atoms with Crippen molar-refractivity contribution in [2.45, 2.75) is 6.42 Å². The summed E-state index contributed by atoms with van der Waals surface area (Å²) in [6, 6.07) is 11.3. The summed E-state index contributed by atoms with van der Waals surface area (Å²) in [4.78, 5) is 12.2. The fourth-order valence-electron chi connectivity index (χ4n) is 1.78. The number of carbonyl (C=O) groups excluding carboxylic acids is 1. The zero-order valence-corrected chi connectivity index (χ0v) is 13.3. The number of rotatable bonds is 4. The third kappa shape index (κ3) is 4.09. The molecule has 0 heterocycles. The second-order valence-corrected chi connectivity index (χ2v) is 5.67. The van der Waals surface area contributed by atoms with Gasteiger partial charge in [0.1, 0.15) is 10.8 Å². The van der Waals surface area contributed by atoms with Crippen LogP contribution in [0.2, 0.25) is 0 Å². The van der Waals surface area contributed by atoms with Crippen LogP contribution in [0, 0.1) is 5.82 Å². The van der Waals surface area contributed by atoms with E-state index in [1.807, 2.05) is 0 Å². The van der Waals surface area contributed by atoms with Crippen molar-refractivity contribution in [3.8, 4) is 0 Å². The summed E-state index contributed by atoms with van der Waals surface area (Å²) in [5, 5.41) is 2.72. The molecule has 1 amide bonds. The molecule has 0 unspecified atom stereocenters. The summed E-state index contributed by atoms with van der Waals surface area (Å²) < 4.78 is 14.2. The fourth-order valence-corrected chi connectivity index (χ4v) is 2.38. The minimum absolute atomic E-state index is 0.0316. The van der Waals surface area contributed by atoms with Crippen molar-refractivity contribution in [1.82, 2.24) is 0 Å². The first-order valence-electron chi connectivity index (χ1n) is 6.10. The molecule has 0 aliphatic carbocycles. The van der Waals surface area contributed by atoms with Crippen LogP contribution < -0.4 is 11.1 Å². The molecular formula is C15H12BrFN2OS. The van der Waals surface area contributed by atoms with Crippen LogP contribution in [-0.4, -0.2) is 10.9 Å². The van der Waals surface area contributed by atoms with Crippen LogP contribution in [0.3, 0.4) is 0 Å².